The minimum absolute atomic E-state index is 0.0986. The Morgan fingerprint density at radius 2 is 1.89 bits per heavy atom. The van der Waals surface area contributed by atoms with Gasteiger partial charge in [0.1, 0.15) is 0 Å². The molecule has 3 heteroatoms. The fourth-order valence-electron chi connectivity index (χ4n) is 4.65. The van der Waals surface area contributed by atoms with E-state index in [1.165, 1.54) is 38.8 Å². The van der Waals surface area contributed by atoms with Gasteiger partial charge in [-0.25, -0.2) is 0 Å². The molecule has 2 aliphatic heterocycles. The van der Waals surface area contributed by atoms with Crippen molar-refractivity contribution in [2.45, 2.75) is 63.6 Å². The fourth-order valence-corrected chi connectivity index (χ4v) is 4.65. The van der Waals surface area contributed by atoms with Crippen molar-refractivity contribution in [3.05, 3.63) is 0 Å². The number of fused-ring (bicyclic) bond motifs is 1. The highest BCUT2D eigenvalue weighted by atomic mass is 16.3. The molecule has 2 N–H and O–H groups in total. The number of hydrogen-bond acceptors (Lipinski definition) is 3. The molecule has 0 bridgehead atoms. The first-order valence-electron chi connectivity index (χ1n) is 7.76. The molecule has 3 aliphatic rings. The number of aliphatic hydroxyl groups is 1. The molecule has 4 atom stereocenters. The third kappa shape index (κ3) is 2.00. The second-order valence-corrected chi connectivity index (χ2v) is 7.10. The minimum Gasteiger partial charge on any atom is -0.391 e. The molecular weight excluding hydrogens is 224 g/mol. The van der Waals surface area contributed by atoms with Crippen molar-refractivity contribution < 1.29 is 5.11 Å². The summed E-state index contributed by atoms with van der Waals surface area (Å²) in [7, 11) is 0. The Kier molecular flexibility index (Phi) is 3.41. The van der Waals surface area contributed by atoms with Crippen LogP contribution in [0, 0.1) is 11.8 Å². The number of likely N-dealkylation sites (tertiary alicyclic amines) is 1. The maximum atomic E-state index is 10.4. The Bertz CT molecular complexity index is 305. The van der Waals surface area contributed by atoms with Crippen molar-refractivity contribution in [3.8, 4) is 0 Å². The summed E-state index contributed by atoms with van der Waals surface area (Å²) in [6, 6.07) is 0.410. The molecule has 3 fully saturated rings. The molecule has 1 aliphatic carbocycles. The van der Waals surface area contributed by atoms with Gasteiger partial charge in [-0.05, 0) is 45.1 Å². The van der Waals surface area contributed by atoms with Crippen molar-refractivity contribution in [1.82, 2.24) is 10.2 Å². The highest BCUT2D eigenvalue weighted by Crippen LogP contribution is 2.43. The average molecular weight is 252 g/mol. The quantitative estimate of drug-likeness (QED) is 0.696. The Balaban J connectivity index is 1.79. The highest BCUT2D eigenvalue weighted by Gasteiger charge is 2.52. The van der Waals surface area contributed by atoms with Crippen LogP contribution in [0.5, 0.6) is 0 Å². The summed E-state index contributed by atoms with van der Waals surface area (Å²) in [5.41, 5.74) is 0.254. The smallest absolute Gasteiger partial charge is 0.0695 e. The lowest BCUT2D eigenvalue weighted by atomic mass is 9.84. The Morgan fingerprint density at radius 1 is 1.11 bits per heavy atom. The van der Waals surface area contributed by atoms with E-state index in [0.29, 0.717) is 6.04 Å². The van der Waals surface area contributed by atoms with Crippen LogP contribution in [-0.4, -0.2) is 47.3 Å². The number of hydrogen-bond donors (Lipinski definition) is 2. The first kappa shape index (κ1) is 12.9. The molecule has 0 radical (unpaired) electrons. The summed E-state index contributed by atoms with van der Waals surface area (Å²) in [6.45, 7) is 8.31. The lowest BCUT2D eigenvalue weighted by Gasteiger charge is -2.42. The van der Waals surface area contributed by atoms with Crippen LogP contribution in [0.15, 0.2) is 0 Å². The van der Waals surface area contributed by atoms with Crippen LogP contribution in [0.4, 0.5) is 0 Å². The Morgan fingerprint density at radius 3 is 2.67 bits per heavy atom. The maximum absolute atomic E-state index is 10.4. The lowest BCUT2D eigenvalue weighted by molar-refractivity contribution is 0.00143. The van der Waals surface area contributed by atoms with Crippen LogP contribution in [0.3, 0.4) is 0 Å². The van der Waals surface area contributed by atoms with Gasteiger partial charge < -0.3 is 10.4 Å². The van der Waals surface area contributed by atoms with E-state index in [-0.39, 0.29) is 11.6 Å². The van der Waals surface area contributed by atoms with Crippen LogP contribution in [-0.2, 0) is 0 Å². The largest absolute Gasteiger partial charge is 0.391 e. The number of nitrogens with zero attached hydrogens (tertiary/aromatic N) is 1. The van der Waals surface area contributed by atoms with Gasteiger partial charge in [0.2, 0.25) is 0 Å². The molecule has 1 saturated carbocycles. The van der Waals surface area contributed by atoms with Gasteiger partial charge in [-0.2, -0.15) is 0 Å². The minimum atomic E-state index is -0.0986. The topological polar surface area (TPSA) is 35.5 Å². The monoisotopic (exact) mass is 252 g/mol. The van der Waals surface area contributed by atoms with Crippen LogP contribution in [0.2, 0.25) is 0 Å². The molecule has 3 rings (SSSR count). The summed E-state index contributed by atoms with van der Waals surface area (Å²) < 4.78 is 0. The predicted molar refractivity (Wildman–Crippen MR) is 73.5 cm³/mol. The molecule has 104 valence electrons. The molecule has 0 aromatic heterocycles. The van der Waals surface area contributed by atoms with Gasteiger partial charge in [0.05, 0.1) is 6.10 Å². The standard InChI is InChI=1S/C15H28N2O/c1-15(2)12-9-16-8-11(12)10-17(15)13-6-4-3-5-7-14(13)18/h11-14,16,18H,3-10H2,1-2H3. The molecule has 0 aromatic carbocycles. The first-order valence-corrected chi connectivity index (χ1v) is 7.76. The highest BCUT2D eigenvalue weighted by molar-refractivity contribution is 5.07. The average Bonchev–Trinajstić information content (AvgIpc) is 2.80. The number of rotatable bonds is 1. The first-order chi connectivity index (χ1) is 8.60. The SMILES string of the molecule is CC1(C)C2CNCC2CN1C1CCCCCC1O. The molecule has 2 saturated heterocycles. The summed E-state index contributed by atoms with van der Waals surface area (Å²) in [5, 5.41) is 14.0. The third-order valence-corrected chi connectivity index (χ3v) is 5.76. The van der Waals surface area contributed by atoms with Crippen LogP contribution >= 0.6 is 0 Å². The van der Waals surface area contributed by atoms with E-state index in [2.05, 4.69) is 24.1 Å². The van der Waals surface area contributed by atoms with Crippen molar-refractivity contribution in [2.75, 3.05) is 19.6 Å². The van der Waals surface area contributed by atoms with Crippen LogP contribution in [0.25, 0.3) is 0 Å². The lowest BCUT2D eigenvalue weighted by Crippen LogP contribution is -2.53. The van der Waals surface area contributed by atoms with Gasteiger partial charge in [0.15, 0.2) is 0 Å². The van der Waals surface area contributed by atoms with Gasteiger partial charge in [-0.15, -0.1) is 0 Å². The second kappa shape index (κ2) is 4.77. The molecule has 4 unspecified atom stereocenters. The molecule has 0 amide bonds. The number of aliphatic hydroxyl groups excluding tert-OH is 1. The molecule has 3 nitrogen and oxygen atoms in total. The van der Waals surface area contributed by atoms with Crippen LogP contribution in [0.1, 0.15) is 46.0 Å². The van der Waals surface area contributed by atoms with Crippen molar-refractivity contribution >= 4 is 0 Å². The Labute approximate surface area is 111 Å². The molecule has 0 aromatic rings. The summed E-state index contributed by atoms with van der Waals surface area (Å²) in [6.07, 6.45) is 5.90. The normalized spacial score (nSPS) is 44.8. The van der Waals surface area contributed by atoms with E-state index < -0.39 is 0 Å². The molecule has 18 heavy (non-hydrogen) atoms. The van der Waals surface area contributed by atoms with E-state index in [0.717, 1.165) is 24.8 Å². The van der Waals surface area contributed by atoms with Gasteiger partial charge in [0, 0.05) is 24.7 Å². The van der Waals surface area contributed by atoms with Crippen molar-refractivity contribution in [1.29, 1.82) is 0 Å². The van der Waals surface area contributed by atoms with E-state index in [1.807, 2.05) is 0 Å². The van der Waals surface area contributed by atoms with Crippen LogP contribution < -0.4 is 5.32 Å². The van der Waals surface area contributed by atoms with Gasteiger partial charge >= 0.3 is 0 Å². The summed E-state index contributed by atoms with van der Waals surface area (Å²) >= 11 is 0. The zero-order valence-corrected chi connectivity index (χ0v) is 11.9. The zero-order valence-electron chi connectivity index (χ0n) is 11.9. The molecular formula is C15H28N2O. The van der Waals surface area contributed by atoms with Gasteiger partial charge in [-0.3, -0.25) is 4.90 Å². The summed E-state index contributed by atoms with van der Waals surface area (Å²) in [5.74, 6) is 1.57. The van der Waals surface area contributed by atoms with E-state index in [9.17, 15) is 5.11 Å². The van der Waals surface area contributed by atoms with E-state index in [4.69, 9.17) is 0 Å². The predicted octanol–water partition coefficient (Wildman–Crippen LogP) is 1.61. The van der Waals surface area contributed by atoms with Crippen molar-refractivity contribution in [2.24, 2.45) is 11.8 Å². The van der Waals surface area contributed by atoms with Gasteiger partial charge in [-0.1, -0.05) is 19.3 Å². The molecule has 2 heterocycles. The van der Waals surface area contributed by atoms with E-state index >= 15 is 0 Å². The summed E-state index contributed by atoms with van der Waals surface area (Å²) in [4.78, 5) is 2.65. The number of nitrogens with one attached hydrogen (secondary N) is 1. The zero-order chi connectivity index (χ0) is 12.8. The van der Waals surface area contributed by atoms with Crippen molar-refractivity contribution in [3.63, 3.8) is 0 Å². The van der Waals surface area contributed by atoms with Gasteiger partial charge in [0.25, 0.3) is 0 Å². The second-order valence-electron chi connectivity index (χ2n) is 7.10. The fraction of sp³-hybridized carbons (Fsp3) is 1.00. The Hall–Kier alpha value is -0.120. The third-order valence-electron chi connectivity index (χ3n) is 5.76. The molecule has 0 spiro atoms. The maximum Gasteiger partial charge on any atom is 0.0695 e. The van der Waals surface area contributed by atoms with E-state index in [1.54, 1.807) is 0 Å².